The van der Waals surface area contributed by atoms with Crippen LogP contribution in [0.5, 0.6) is 0 Å². The maximum Gasteiger partial charge on any atom is 0.416 e. The Hall–Kier alpha value is -4.70. The number of allylic oxidation sites excluding steroid dienone is 2. The van der Waals surface area contributed by atoms with Crippen LogP contribution in [-0.2, 0) is 11.0 Å². The molecule has 0 aliphatic rings. The zero-order valence-electron chi connectivity index (χ0n) is 18.3. The topological polar surface area (TPSA) is 65.8 Å². The molecule has 0 aliphatic carbocycles. The second-order valence-electron chi connectivity index (χ2n) is 7.56. The van der Waals surface area contributed by atoms with Gasteiger partial charge in [0.15, 0.2) is 0 Å². The Morgan fingerprint density at radius 2 is 1.74 bits per heavy atom. The number of benzene rings is 3. The highest BCUT2D eigenvalue weighted by Crippen LogP contribution is 2.32. The second kappa shape index (κ2) is 10.1. The van der Waals surface area contributed by atoms with Gasteiger partial charge < -0.3 is 5.32 Å². The van der Waals surface area contributed by atoms with Crippen LogP contribution in [0.3, 0.4) is 0 Å². The third-order valence-corrected chi connectivity index (χ3v) is 5.31. The molecular weight excluding hydrogens is 451 g/mol. The molecule has 4 rings (SSSR count). The van der Waals surface area contributed by atoms with E-state index < -0.39 is 11.7 Å². The molecule has 1 aromatic heterocycles. The van der Waals surface area contributed by atoms with Gasteiger partial charge in [-0.2, -0.15) is 18.4 Å². The average Bonchev–Trinajstić information content (AvgIpc) is 2.86. The molecule has 1 heterocycles. The summed E-state index contributed by atoms with van der Waals surface area (Å²) < 4.78 is 39.0. The molecule has 0 fully saturated rings. The van der Waals surface area contributed by atoms with Crippen LogP contribution in [0.25, 0.3) is 16.3 Å². The van der Waals surface area contributed by atoms with Gasteiger partial charge in [0.1, 0.15) is 0 Å². The van der Waals surface area contributed by atoms with Crippen molar-refractivity contribution in [2.75, 3.05) is 5.32 Å². The molecule has 172 valence electrons. The third-order valence-electron chi connectivity index (χ3n) is 5.31. The zero-order valence-corrected chi connectivity index (χ0v) is 18.3. The maximum absolute atomic E-state index is 13.0. The molecule has 0 radical (unpaired) electrons. The summed E-state index contributed by atoms with van der Waals surface area (Å²) in [6.07, 6.45) is 3.31. The van der Waals surface area contributed by atoms with E-state index in [0.717, 1.165) is 22.9 Å². The molecule has 0 bridgehead atoms. The number of amides is 1. The first-order chi connectivity index (χ1) is 16.9. The number of nitriles is 1. The van der Waals surface area contributed by atoms with Crippen molar-refractivity contribution >= 4 is 27.9 Å². The SMILES string of the molecule is N#Cc1ccccc1/C(=C/C=C/C(=O)Nc1cccc2cnccc12)c1ccc(C(F)(F)F)cc1. The van der Waals surface area contributed by atoms with Gasteiger partial charge in [0.25, 0.3) is 0 Å². The number of anilines is 1. The van der Waals surface area contributed by atoms with Gasteiger partial charge in [-0.25, -0.2) is 0 Å². The van der Waals surface area contributed by atoms with E-state index >= 15 is 0 Å². The lowest BCUT2D eigenvalue weighted by Crippen LogP contribution is -2.08. The molecule has 0 aliphatic heterocycles. The van der Waals surface area contributed by atoms with E-state index in [9.17, 15) is 23.2 Å². The predicted molar refractivity (Wildman–Crippen MR) is 129 cm³/mol. The highest BCUT2D eigenvalue weighted by Gasteiger charge is 2.30. The Morgan fingerprint density at radius 1 is 0.971 bits per heavy atom. The summed E-state index contributed by atoms with van der Waals surface area (Å²) in [5, 5.41) is 14.1. The van der Waals surface area contributed by atoms with Crippen LogP contribution in [0.15, 0.2) is 103 Å². The number of carbonyl (C=O) groups is 1. The summed E-state index contributed by atoms with van der Waals surface area (Å²) in [7, 11) is 0. The minimum absolute atomic E-state index is 0.362. The van der Waals surface area contributed by atoms with E-state index in [0.29, 0.717) is 28.0 Å². The van der Waals surface area contributed by atoms with Crippen LogP contribution in [0.2, 0.25) is 0 Å². The molecule has 0 spiro atoms. The van der Waals surface area contributed by atoms with Crippen molar-refractivity contribution in [3.63, 3.8) is 0 Å². The lowest BCUT2D eigenvalue weighted by Gasteiger charge is -2.12. The van der Waals surface area contributed by atoms with Crippen LogP contribution in [0.1, 0.15) is 22.3 Å². The van der Waals surface area contributed by atoms with Gasteiger partial charge in [0.2, 0.25) is 5.91 Å². The number of carbonyl (C=O) groups excluding carboxylic acids is 1. The summed E-state index contributed by atoms with van der Waals surface area (Å²) in [6.45, 7) is 0. The van der Waals surface area contributed by atoms with Crippen LogP contribution in [-0.4, -0.2) is 10.9 Å². The van der Waals surface area contributed by atoms with Gasteiger partial charge in [0.05, 0.1) is 17.2 Å². The molecule has 0 saturated carbocycles. The Morgan fingerprint density at radius 3 is 2.49 bits per heavy atom. The third kappa shape index (κ3) is 5.45. The molecule has 3 aromatic carbocycles. The van der Waals surface area contributed by atoms with E-state index in [4.69, 9.17) is 0 Å². The predicted octanol–water partition coefficient (Wildman–Crippen LogP) is 6.75. The summed E-state index contributed by atoms with van der Waals surface area (Å²) in [5.74, 6) is -0.383. The first kappa shape index (κ1) is 23.5. The smallest absolute Gasteiger partial charge is 0.322 e. The van der Waals surface area contributed by atoms with E-state index in [-0.39, 0.29) is 5.91 Å². The Labute approximate surface area is 199 Å². The highest BCUT2D eigenvalue weighted by atomic mass is 19.4. The molecule has 1 N–H and O–H groups in total. The number of alkyl halides is 3. The van der Waals surface area contributed by atoms with Crippen molar-refractivity contribution in [1.29, 1.82) is 5.26 Å². The van der Waals surface area contributed by atoms with Crippen molar-refractivity contribution in [2.45, 2.75) is 6.18 Å². The van der Waals surface area contributed by atoms with E-state index in [2.05, 4.69) is 16.4 Å². The lowest BCUT2D eigenvalue weighted by molar-refractivity contribution is -0.137. The molecule has 7 heteroatoms. The van der Waals surface area contributed by atoms with Gasteiger partial charge in [-0.15, -0.1) is 0 Å². The van der Waals surface area contributed by atoms with E-state index in [1.54, 1.807) is 54.9 Å². The number of rotatable bonds is 5. The zero-order chi connectivity index (χ0) is 24.8. The van der Waals surface area contributed by atoms with Gasteiger partial charge in [0, 0.05) is 40.5 Å². The van der Waals surface area contributed by atoms with Gasteiger partial charge in [-0.1, -0.05) is 54.6 Å². The van der Waals surface area contributed by atoms with Crippen molar-refractivity contribution < 1.29 is 18.0 Å². The normalized spacial score (nSPS) is 12.0. The Kier molecular flexibility index (Phi) is 6.74. The van der Waals surface area contributed by atoms with Crippen molar-refractivity contribution in [3.8, 4) is 6.07 Å². The molecule has 4 aromatic rings. The fraction of sp³-hybridized carbons (Fsp3) is 0.0357. The number of hydrogen-bond donors (Lipinski definition) is 1. The van der Waals surface area contributed by atoms with Crippen LogP contribution >= 0.6 is 0 Å². The summed E-state index contributed by atoms with van der Waals surface area (Å²) in [4.78, 5) is 16.6. The van der Waals surface area contributed by atoms with Crippen LogP contribution < -0.4 is 5.32 Å². The minimum atomic E-state index is -4.46. The summed E-state index contributed by atoms with van der Waals surface area (Å²) in [6, 6.07) is 20.8. The fourth-order valence-corrected chi connectivity index (χ4v) is 3.63. The number of pyridine rings is 1. The van der Waals surface area contributed by atoms with Crippen molar-refractivity contribution in [2.24, 2.45) is 0 Å². The Bertz CT molecular complexity index is 1470. The van der Waals surface area contributed by atoms with Crippen molar-refractivity contribution in [3.05, 3.63) is 126 Å². The molecule has 0 saturated heterocycles. The van der Waals surface area contributed by atoms with Crippen molar-refractivity contribution in [1.82, 2.24) is 4.98 Å². The molecular formula is C28H18F3N3O. The van der Waals surface area contributed by atoms with Gasteiger partial charge in [-0.3, -0.25) is 9.78 Å². The van der Waals surface area contributed by atoms with Gasteiger partial charge in [-0.05, 0) is 41.5 Å². The number of nitrogens with one attached hydrogen (secondary N) is 1. The molecule has 1 amide bonds. The van der Waals surface area contributed by atoms with E-state index in [1.165, 1.54) is 24.3 Å². The lowest BCUT2D eigenvalue weighted by atomic mass is 9.93. The number of fused-ring (bicyclic) bond motifs is 1. The molecule has 4 nitrogen and oxygen atoms in total. The Balaban J connectivity index is 1.65. The summed E-state index contributed by atoms with van der Waals surface area (Å²) in [5.41, 5.74) is 1.75. The monoisotopic (exact) mass is 469 g/mol. The molecule has 35 heavy (non-hydrogen) atoms. The standard InChI is InChI=1S/C28H18F3N3O/c29-28(30,31)22-13-11-19(12-14-22)23(24-7-2-1-5-20(24)17-32)8-4-10-27(35)34-26-9-3-6-21-18-33-16-15-25(21)26/h1-16,18H,(H,34,35)/b10-4+,23-8+. The number of halogens is 3. The van der Waals surface area contributed by atoms with Crippen LogP contribution in [0.4, 0.5) is 18.9 Å². The highest BCUT2D eigenvalue weighted by molar-refractivity contribution is 6.06. The number of hydrogen-bond acceptors (Lipinski definition) is 3. The van der Waals surface area contributed by atoms with Gasteiger partial charge >= 0.3 is 6.18 Å². The average molecular weight is 469 g/mol. The van der Waals surface area contributed by atoms with Crippen LogP contribution in [0, 0.1) is 11.3 Å². The first-order valence-electron chi connectivity index (χ1n) is 10.6. The molecule has 0 unspecified atom stereocenters. The van der Waals surface area contributed by atoms with E-state index in [1.807, 2.05) is 12.1 Å². The number of nitrogens with zero attached hydrogens (tertiary/aromatic N) is 2. The second-order valence-corrected chi connectivity index (χ2v) is 7.56. The summed E-state index contributed by atoms with van der Waals surface area (Å²) >= 11 is 0. The first-order valence-corrected chi connectivity index (χ1v) is 10.6. The molecule has 0 atom stereocenters. The quantitative estimate of drug-likeness (QED) is 0.260. The maximum atomic E-state index is 13.0. The number of aromatic nitrogens is 1. The fourth-order valence-electron chi connectivity index (χ4n) is 3.63. The minimum Gasteiger partial charge on any atom is -0.322 e. The largest absolute Gasteiger partial charge is 0.416 e.